The Morgan fingerprint density at radius 3 is 0.972 bits per heavy atom. The molecule has 0 bridgehead atoms. The van der Waals surface area contributed by atoms with E-state index < -0.39 is 0 Å². The van der Waals surface area contributed by atoms with Crippen LogP contribution in [0.15, 0.2) is 364 Å². The molecule has 19 rings (SSSR count). The van der Waals surface area contributed by atoms with Gasteiger partial charge in [0, 0.05) is 68.1 Å². The van der Waals surface area contributed by atoms with Crippen LogP contribution in [-0.2, 0) is 0 Å². The number of benzene rings is 13. The highest BCUT2D eigenvalue weighted by molar-refractivity contribution is 5.97. The van der Waals surface area contributed by atoms with E-state index in [9.17, 15) is 0 Å². The highest BCUT2D eigenvalue weighted by atomic mass is 14.9. The smallest absolute Gasteiger partial charge is 0.126 e. The summed E-state index contributed by atoms with van der Waals surface area (Å²) >= 11 is 0. The number of aryl methyl sites for hydroxylation is 5. The molecule has 0 aliphatic heterocycles. The highest BCUT2D eigenvalue weighted by Crippen LogP contribution is 2.34. The zero-order chi connectivity index (χ0) is 74.3. The third-order valence-electron chi connectivity index (χ3n) is 18.6. The molecule has 0 radical (unpaired) electrons. The maximum atomic E-state index is 4.70. The summed E-state index contributed by atoms with van der Waals surface area (Å²) in [6, 6.07) is 119. The van der Waals surface area contributed by atoms with Crippen LogP contribution in [-0.4, -0.2) is 54.8 Å². The summed E-state index contributed by atoms with van der Waals surface area (Å²) in [7, 11) is 0. The molecule has 13 aromatic carbocycles. The summed E-state index contributed by atoms with van der Waals surface area (Å²) < 4.78 is 0. The molecular formula is C98H75N11. The Bertz CT molecular complexity index is 6340. The number of pyridine rings is 1. The molecule has 11 nitrogen and oxygen atoms in total. The molecule has 0 saturated heterocycles. The highest BCUT2D eigenvalue weighted by Gasteiger charge is 2.14. The largest absolute Gasteiger partial charge is 0.256 e. The van der Waals surface area contributed by atoms with Crippen LogP contribution in [0.1, 0.15) is 29.1 Å². The first-order valence-electron chi connectivity index (χ1n) is 36.3. The summed E-state index contributed by atoms with van der Waals surface area (Å²) in [5, 5.41) is 8.26. The molecule has 0 atom stereocenters. The van der Waals surface area contributed by atoms with E-state index >= 15 is 0 Å². The lowest BCUT2D eigenvalue weighted by atomic mass is 9.99. The monoisotopic (exact) mass is 1410 g/mol. The molecule has 522 valence electrons. The van der Waals surface area contributed by atoms with Crippen molar-refractivity contribution in [3.8, 4) is 101 Å². The van der Waals surface area contributed by atoms with Crippen molar-refractivity contribution >= 4 is 54.3 Å². The fourth-order valence-corrected chi connectivity index (χ4v) is 13.3. The van der Waals surface area contributed by atoms with E-state index in [0.717, 1.165) is 129 Å². The average Bonchev–Trinajstić information content (AvgIpc) is 0.790. The summed E-state index contributed by atoms with van der Waals surface area (Å²) in [5.41, 5.74) is 22.8. The molecule has 6 heterocycles. The number of nitrogens with zero attached hydrogens (tertiary/aromatic N) is 11. The van der Waals surface area contributed by atoms with Crippen molar-refractivity contribution in [2.45, 2.75) is 34.6 Å². The van der Waals surface area contributed by atoms with Gasteiger partial charge in [-0.15, -0.1) is 0 Å². The van der Waals surface area contributed by atoms with Crippen LogP contribution in [0.2, 0.25) is 0 Å². The first-order valence-corrected chi connectivity index (χ1v) is 36.3. The van der Waals surface area contributed by atoms with Crippen LogP contribution in [0.25, 0.3) is 155 Å². The van der Waals surface area contributed by atoms with Gasteiger partial charge >= 0.3 is 0 Å². The van der Waals surface area contributed by atoms with E-state index in [0.29, 0.717) is 0 Å². The molecule has 0 saturated carbocycles. The Morgan fingerprint density at radius 2 is 0.495 bits per heavy atom. The number of hydrogen-bond donors (Lipinski definition) is 0. The maximum absolute atomic E-state index is 4.70. The van der Waals surface area contributed by atoms with Crippen LogP contribution in [0.3, 0.4) is 0 Å². The zero-order valence-corrected chi connectivity index (χ0v) is 61.1. The van der Waals surface area contributed by atoms with Crippen LogP contribution in [0.5, 0.6) is 0 Å². The minimum atomic E-state index is 0.785. The topological polar surface area (TPSA) is 142 Å². The zero-order valence-electron chi connectivity index (χ0n) is 61.1. The summed E-state index contributed by atoms with van der Waals surface area (Å²) in [6.07, 6.45) is 5.40. The lowest BCUT2D eigenvalue weighted by Gasteiger charge is -2.09. The van der Waals surface area contributed by atoms with Crippen molar-refractivity contribution in [1.82, 2.24) is 54.8 Å². The van der Waals surface area contributed by atoms with Crippen LogP contribution in [0, 0.1) is 34.6 Å². The van der Waals surface area contributed by atoms with Gasteiger partial charge in [0.2, 0.25) is 0 Å². The fraction of sp³-hybridized carbons (Fsp3) is 0.0510. The second-order valence-corrected chi connectivity index (χ2v) is 26.3. The van der Waals surface area contributed by atoms with Crippen LogP contribution < -0.4 is 0 Å². The van der Waals surface area contributed by atoms with Gasteiger partial charge in [0.1, 0.15) is 29.1 Å². The Balaban J connectivity index is 0.000000109. The van der Waals surface area contributed by atoms with Gasteiger partial charge in [-0.25, -0.2) is 49.8 Å². The molecule has 11 heteroatoms. The lowest BCUT2D eigenvalue weighted by molar-refractivity contribution is 1.06. The van der Waals surface area contributed by atoms with Crippen molar-refractivity contribution in [2.24, 2.45) is 0 Å². The number of rotatable bonds is 9. The maximum Gasteiger partial charge on any atom is 0.126 e. The molecule has 0 fully saturated rings. The van der Waals surface area contributed by atoms with Gasteiger partial charge in [0.25, 0.3) is 0 Å². The standard InChI is InChI=1S/C25H18N2.C20H15N3.C19H14N2.2C17H14N2/c1-17-26-24-9-5-4-8-23(24)25(27-17)20-13-10-19(11-14-20)22-15-12-18-6-2-3-7-21(18)16-22;1-14-22-19-8-3-2-6-17(19)20(23-14)16-11-9-15(10-12-16)18-7-4-5-13-21-18;1-13-20-18-9-5-4-8-17(18)19(21-13)16-11-10-14-6-2-3-7-15(14)12-16;1-13-18-11-10-17(19-13)16-9-5-8-15(12-16)14-6-3-2-4-7-14;1-13-18-12-11-17(19-13)16-9-7-15(8-10-16)14-5-3-2-4-6-14/h2-16H,1H3;2-13H,1H3;2-12H,1H3;2*2-12H,1H3. The first kappa shape index (κ1) is 70.4. The quantitative estimate of drug-likeness (QED) is 0.136. The SMILES string of the molecule is Cc1nc(-c2ccc(-c3ccc4ccccc4c3)cc2)c2ccccc2n1.Cc1nc(-c2ccc(-c3ccccn3)cc2)c2ccccc2n1.Cc1nc(-c2ccc3ccccc3c2)c2ccccc2n1.Cc1nccc(-c2ccc(-c3ccccc3)cc2)n1.Cc1nccc(-c2cccc(-c3ccccc3)c2)n1. The number of para-hydroxylation sites is 3. The first-order chi connectivity index (χ1) is 53.5. The third kappa shape index (κ3) is 17.1. The van der Waals surface area contributed by atoms with Crippen molar-refractivity contribution in [3.63, 3.8) is 0 Å². The van der Waals surface area contributed by atoms with E-state index in [2.05, 4.69) is 299 Å². The van der Waals surface area contributed by atoms with E-state index in [1.165, 1.54) is 54.9 Å². The number of hydrogen-bond acceptors (Lipinski definition) is 11. The van der Waals surface area contributed by atoms with Gasteiger partial charge in [-0.05, 0) is 150 Å². The van der Waals surface area contributed by atoms with Gasteiger partial charge in [-0.1, -0.05) is 285 Å². The van der Waals surface area contributed by atoms with Gasteiger partial charge < -0.3 is 0 Å². The van der Waals surface area contributed by atoms with Crippen molar-refractivity contribution in [2.75, 3.05) is 0 Å². The molecule has 0 N–H and O–H groups in total. The Kier molecular flexibility index (Phi) is 21.4. The minimum Gasteiger partial charge on any atom is -0.256 e. The Morgan fingerprint density at radius 1 is 0.165 bits per heavy atom. The van der Waals surface area contributed by atoms with E-state index in [4.69, 9.17) is 4.98 Å². The third-order valence-corrected chi connectivity index (χ3v) is 18.6. The number of aromatic nitrogens is 11. The second kappa shape index (κ2) is 33.2. The molecule has 0 aliphatic rings. The normalized spacial score (nSPS) is 10.8. The average molecular weight is 1410 g/mol. The van der Waals surface area contributed by atoms with Crippen molar-refractivity contribution in [1.29, 1.82) is 0 Å². The summed E-state index contributed by atoms with van der Waals surface area (Å²) in [5.74, 6) is 3.97. The molecule has 6 aromatic heterocycles. The lowest BCUT2D eigenvalue weighted by Crippen LogP contribution is -1.94. The van der Waals surface area contributed by atoms with Crippen LogP contribution in [0.4, 0.5) is 0 Å². The Hall–Kier alpha value is -14.3. The molecule has 0 amide bonds. The van der Waals surface area contributed by atoms with Gasteiger partial charge in [0.05, 0.1) is 50.7 Å². The second-order valence-electron chi connectivity index (χ2n) is 26.3. The van der Waals surface area contributed by atoms with Gasteiger partial charge in [-0.3, -0.25) is 4.98 Å². The molecule has 19 aromatic rings. The number of fused-ring (bicyclic) bond motifs is 5. The Labute approximate surface area is 634 Å². The minimum absolute atomic E-state index is 0.785. The van der Waals surface area contributed by atoms with Crippen LogP contribution >= 0.6 is 0 Å². The summed E-state index contributed by atoms with van der Waals surface area (Å²) in [4.78, 5) is 49.1. The molecule has 109 heavy (non-hydrogen) atoms. The van der Waals surface area contributed by atoms with Crippen molar-refractivity contribution < 1.29 is 0 Å². The summed E-state index contributed by atoms with van der Waals surface area (Å²) in [6.45, 7) is 9.63. The van der Waals surface area contributed by atoms with E-state index in [1.54, 1.807) is 12.4 Å². The van der Waals surface area contributed by atoms with E-state index in [1.807, 2.05) is 138 Å². The molecule has 0 unspecified atom stereocenters. The molecule has 0 aliphatic carbocycles. The van der Waals surface area contributed by atoms with E-state index in [-0.39, 0.29) is 0 Å². The predicted molar refractivity (Wildman–Crippen MR) is 448 cm³/mol. The fourth-order valence-electron chi connectivity index (χ4n) is 13.3. The van der Waals surface area contributed by atoms with Gasteiger partial charge in [-0.2, -0.15) is 0 Å². The predicted octanol–water partition coefficient (Wildman–Crippen LogP) is 24.1. The van der Waals surface area contributed by atoms with Gasteiger partial charge in [0.15, 0.2) is 0 Å². The van der Waals surface area contributed by atoms with Crippen molar-refractivity contribution in [3.05, 3.63) is 393 Å². The molecule has 0 spiro atoms. The molecular weight excluding hydrogens is 1330 g/mol.